The average Bonchev–Trinajstić information content (AvgIpc) is 3.26. The van der Waals surface area contributed by atoms with Crippen molar-refractivity contribution < 1.29 is 0 Å². The molecule has 5 atom stereocenters. The summed E-state index contributed by atoms with van der Waals surface area (Å²) in [5.41, 5.74) is 1.46. The van der Waals surface area contributed by atoms with E-state index in [0.717, 1.165) is 17.8 Å². The van der Waals surface area contributed by atoms with Crippen molar-refractivity contribution in [3.63, 3.8) is 0 Å². The smallest absolute Gasteiger partial charge is 0.144 e. The van der Waals surface area contributed by atoms with Crippen LogP contribution in [0.15, 0.2) is 12.3 Å². The molecule has 0 bridgehead atoms. The maximum atomic E-state index is 4.42. The Labute approximate surface area is 118 Å². The Kier molecular flexibility index (Phi) is 2.97. The normalized spacial score (nSPS) is 45.7. The van der Waals surface area contributed by atoms with E-state index >= 15 is 0 Å². The van der Waals surface area contributed by atoms with Gasteiger partial charge in [-0.1, -0.05) is 50.2 Å². The van der Waals surface area contributed by atoms with Crippen molar-refractivity contribution in [1.82, 2.24) is 4.90 Å². The second kappa shape index (κ2) is 4.57. The Morgan fingerprint density at radius 3 is 2.63 bits per heavy atom. The van der Waals surface area contributed by atoms with Crippen molar-refractivity contribution in [3.05, 3.63) is 12.3 Å². The molecule has 0 aromatic rings. The van der Waals surface area contributed by atoms with Gasteiger partial charge in [0, 0.05) is 25.2 Å². The maximum absolute atomic E-state index is 4.42. The molecule has 2 heteroatoms. The summed E-state index contributed by atoms with van der Waals surface area (Å²) in [4.78, 5) is 2.43. The van der Waals surface area contributed by atoms with Crippen LogP contribution in [0, 0.1) is 17.8 Å². The molecule has 1 aliphatic carbocycles. The van der Waals surface area contributed by atoms with E-state index in [-0.39, 0.29) is 0 Å². The molecule has 0 radical (unpaired) electrons. The van der Waals surface area contributed by atoms with E-state index in [9.17, 15) is 0 Å². The fraction of sp³-hybridized carbons (Fsp3) is 0.882. The fourth-order valence-corrected chi connectivity index (χ4v) is 5.28. The predicted octanol–water partition coefficient (Wildman–Crippen LogP) is 4.30. The molecule has 0 amide bonds. The molecule has 1 nitrogen and oxygen atoms in total. The standard InChI is InChI=1S/C17H28BN/c1-12-15-7-5-3-4-6-14(17-16-11-18(16)17)10-13(15)8-9-19(12)2/h13-17H,1,3-11H2,2H3. The molecule has 0 N–H and O–H groups in total. The Morgan fingerprint density at radius 2 is 1.89 bits per heavy atom. The van der Waals surface area contributed by atoms with Gasteiger partial charge in [-0.25, -0.2) is 0 Å². The van der Waals surface area contributed by atoms with Gasteiger partial charge in [-0.05, 0) is 31.1 Å². The molecular weight excluding hydrogens is 229 g/mol. The summed E-state index contributed by atoms with van der Waals surface area (Å²) in [5, 5.41) is 0. The number of rotatable bonds is 1. The highest BCUT2D eigenvalue weighted by atomic mass is 15.1. The first-order chi connectivity index (χ1) is 9.25. The molecular formula is C17H28BN. The minimum absolute atomic E-state index is 0.814. The number of hydrogen-bond donors (Lipinski definition) is 0. The maximum Gasteiger partial charge on any atom is 0.144 e. The van der Waals surface area contributed by atoms with Crippen molar-refractivity contribution in [2.24, 2.45) is 17.8 Å². The lowest BCUT2D eigenvalue weighted by Crippen LogP contribution is -2.36. The highest BCUT2D eigenvalue weighted by Gasteiger charge is 2.68. The molecule has 3 aliphatic heterocycles. The van der Waals surface area contributed by atoms with Crippen LogP contribution < -0.4 is 0 Å². The van der Waals surface area contributed by atoms with Gasteiger partial charge in [0.05, 0.1) is 0 Å². The van der Waals surface area contributed by atoms with Gasteiger partial charge < -0.3 is 4.90 Å². The zero-order valence-electron chi connectivity index (χ0n) is 12.5. The van der Waals surface area contributed by atoms with Gasteiger partial charge in [0.1, 0.15) is 6.71 Å². The minimum atomic E-state index is 0.814. The van der Waals surface area contributed by atoms with Crippen LogP contribution in [0.1, 0.15) is 44.9 Å². The highest BCUT2D eigenvalue weighted by molar-refractivity contribution is 6.86. The van der Waals surface area contributed by atoms with Crippen LogP contribution in [-0.2, 0) is 0 Å². The van der Waals surface area contributed by atoms with E-state index < -0.39 is 0 Å². The summed E-state index contributed by atoms with van der Waals surface area (Å²) < 4.78 is 0. The molecule has 0 aromatic heterocycles. The van der Waals surface area contributed by atoms with Gasteiger partial charge in [0.25, 0.3) is 0 Å². The predicted molar refractivity (Wildman–Crippen MR) is 82.6 cm³/mol. The van der Waals surface area contributed by atoms with Crippen molar-refractivity contribution in [3.8, 4) is 0 Å². The summed E-state index contributed by atoms with van der Waals surface area (Å²) in [6.45, 7) is 6.87. The third-order valence-corrected chi connectivity index (χ3v) is 6.80. The summed E-state index contributed by atoms with van der Waals surface area (Å²) in [6, 6.07) is 0. The molecule has 0 spiro atoms. The number of allylic oxidation sites excluding steroid dienone is 1. The van der Waals surface area contributed by atoms with Crippen LogP contribution in [0.4, 0.5) is 0 Å². The van der Waals surface area contributed by atoms with E-state index in [2.05, 4.69) is 18.5 Å². The molecule has 1 saturated carbocycles. The van der Waals surface area contributed by atoms with E-state index in [1.54, 1.807) is 12.7 Å². The van der Waals surface area contributed by atoms with Gasteiger partial charge in [0.15, 0.2) is 0 Å². The van der Waals surface area contributed by atoms with Crippen molar-refractivity contribution in [2.45, 2.75) is 62.9 Å². The Bertz CT molecular complexity index is 371. The van der Waals surface area contributed by atoms with Gasteiger partial charge in [-0.3, -0.25) is 0 Å². The zero-order chi connectivity index (χ0) is 13.0. The van der Waals surface area contributed by atoms with Crippen molar-refractivity contribution in [1.29, 1.82) is 0 Å². The number of nitrogens with zero attached hydrogens (tertiary/aromatic N) is 1. The SMILES string of the molecule is C=C1C2CCCCCC(C3B4CC43)CC2CCN1C. The molecule has 3 saturated heterocycles. The van der Waals surface area contributed by atoms with Crippen LogP contribution in [0.2, 0.25) is 18.0 Å². The third-order valence-electron chi connectivity index (χ3n) is 6.80. The third kappa shape index (κ3) is 2.15. The summed E-state index contributed by atoms with van der Waals surface area (Å²) in [7, 11) is 2.25. The number of fused-ring (bicyclic) bond motifs is 2. The lowest BCUT2D eigenvalue weighted by atomic mass is 9.66. The highest BCUT2D eigenvalue weighted by Crippen LogP contribution is 2.75. The average molecular weight is 257 g/mol. The number of piperidine rings is 1. The summed E-state index contributed by atoms with van der Waals surface area (Å²) in [6.07, 6.45) is 11.9. The molecule has 4 aliphatic rings. The van der Waals surface area contributed by atoms with E-state index in [0.29, 0.717) is 0 Å². The van der Waals surface area contributed by atoms with Crippen LogP contribution in [0.5, 0.6) is 0 Å². The number of likely N-dealkylation sites (tertiary alicyclic amines) is 1. The first-order valence-electron chi connectivity index (χ1n) is 8.65. The van der Waals surface area contributed by atoms with Crippen molar-refractivity contribution >= 4 is 6.71 Å². The molecule has 4 rings (SSSR count). The van der Waals surface area contributed by atoms with Crippen LogP contribution in [-0.4, -0.2) is 25.2 Å². The summed E-state index contributed by atoms with van der Waals surface area (Å²) in [5.74, 6) is 5.23. The first-order valence-corrected chi connectivity index (χ1v) is 8.65. The molecule has 3 heterocycles. The van der Waals surface area contributed by atoms with Crippen LogP contribution in [0.25, 0.3) is 0 Å². The molecule has 104 valence electrons. The molecule has 0 aromatic carbocycles. The Hall–Kier alpha value is -0.395. The van der Waals surface area contributed by atoms with E-state index in [4.69, 9.17) is 0 Å². The van der Waals surface area contributed by atoms with Gasteiger partial charge >= 0.3 is 0 Å². The summed E-state index contributed by atoms with van der Waals surface area (Å²) >= 11 is 0. The quantitative estimate of drug-likeness (QED) is 0.633. The fourth-order valence-electron chi connectivity index (χ4n) is 5.28. The second-order valence-corrected chi connectivity index (χ2v) is 7.84. The lowest BCUT2D eigenvalue weighted by molar-refractivity contribution is 0.167. The van der Waals surface area contributed by atoms with E-state index in [1.807, 2.05) is 0 Å². The van der Waals surface area contributed by atoms with E-state index in [1.165, 1.54) is 69.1 Å². The second-order valence-electron chi connectivity index (χ2n) is 7.84. The monoisotopic (exact) mass is 257 g/mol. The first kappa shape index (κ1) is 12.4. The molecule has 4 fully saturated rings. The minimum Gasteiger partial charge on any atom is -0.378 e. The topological polar surface area (TPSA) is 3.24 Å². The molecule has 5 unspecified atom stereocenters. The Morgan fingerprint density at radius 1 is 1.11 bits per heavy atom. The van der Waals surface area contributed by atoms with Crippen LogP contribution in [0.3, 0.4) is 0 Å². The largest absolute Gasteiger partial charge is 0.378 e. The van der Waals surface area contributed by atoms with Gasteiger partial charge in [-0.2, -0.15) is 0 Å². The van der Waals surface area contributed by atoms with Crippen molar-refractivity contribution in [2.75, 3.05) is 13.6 Å². The van der Waals surface area contributed by atoms with Gasteiger partial charge in [0.2, 0.25) is 0 Å². The lowest BCUT2D eigenvalue weighted by Gasteiger charge is -2.41. The Balaban J connectivity index is 1.49. The van der Waals surface area contributed by atoms with Gasteiger partial charge in [-0.15, -0.1) is 0 Å². The zero-order valence-corrected chi connectivity index (χ0v) is 12.5. The molecule has 19 heavy (non-hydrogen) atoms. The number of hydrogen-bond acceptors (Lipinski definition) is 1. The van der Waals surface area contributed by atoms with Crippen LogP contribution >= 0.6 is 0 Å².